The first-order valence-corrected chi connectivity index (χ1v) is 8.20. The van der Waals surface area contributed by atoms with Crippen molar-refractivity contribution in [1.29, 1.82) is 0 Å². The van der Waals surface area contributed by atoms with Crippen LogP contribution in [0.15, 0.2) is 18.2 Å². The van der Waals surface area contributed by atoms with Crippen molar-refractivity contribution in [2.45, 2.75) is 52.1 Å². The van der Waals surface area contributed by atoms with Crippen molar-refractivity contribution in [1.82, 2.24) is 0 Å². The van der Waals surface area contributed by atoms with Crippen LogP contribution in [-0.4, -0.2) is 32.3 Å². The van der Waals surface area contributed by atoms with Crippen LogP contribution in [0.4, 0.5) is 5.69 Å². The molecule has 1 aromatic rings. The highest BCUT2D eigenvalue weighted by Crippen LogP contribution is 2.29. The Kier molecular flexibility index (Phi) is 8.09. The average Bonchev–Trinajstić information content (AvgIpc) is 2.45. The minimum atomic E-state index is 0.135. The van der Waals surface area contributed by atoms with Crippen molar-refractivity contribution in [2.24, 2.45) is 5.73 Å². The van der Waals surface area contributed by atoms with Gasteiger partial charge in [-0.3, -0.25) is 0 Å². The van der Waals surface area contributed by atoms with Crippen LogP contribution in [0.1, 0.15) is 39.2 Å². The summed E-state index contributed by atoms with van der Waals surface area (Å²) in [5.74, 6) is 0. The van der Waals surface area contributed by atoms with Gasteiger partial charge in [-0.1, -0.05) is 31.5 Å². The molecule has 0 spiro atoms. The van der Waals surface area contributed by atoms with Crippen molar-refractivity contribution in [3.05, 3.63) is 28.8 Å². The third-order valence-corrected chi connectivity index (χ3v) is 4.05. The molecule has 1 rings (SSSR count). The molecule has 1 aromatic carbocycles. The number of anilines is 1. The molecule has 0 aliphatic rings. The zero-order valence-electron chi connectivity index (χ0n) is 13.7. The number of hydrogen-bond donors (Lipinski definition) is 1. The third-order valence-electron chi connectivity index (χ3n) is 3.82. The van der Waals surface area contributed by atoms with Crippen LogP contribution in [0.2, 0.25) is 5.02 Å². The Labute approximate surface area is 134 Å². The molecule has 3 nitrogen and oxygen atoms in total. The number of ether oxygens (including phenoxy) is 1. The fourth-order valence-electron chi connectivity index (χ4n) is 2.74. The predicted molar refractivity (Wildman–Crippen MR) is 92.4 cm³/mol. The van der Waals surface area contributed by atoms with E-state index in [0.29, 0.717) is 12.6 Å². The van der Waals surface area contributed by atoms with Gasteiger partial charge < -0.3 is 15.4 Å². The monoisotopic (exact) mass is 312 g/mol. The molecule has 120 valence electrons. The quantitative estimate of drug-likeness (QED) is 0.752. The van der Waals surface area contributed by atoms with E-state index in [2.05, 4.69) is 30.9 Å². The number of halogens is 1. The highest BCUT2D eigenvalue weighted by Gasteiger charge is 2.19. The molecule has 1 unspecified atom stereocenters. The van der Waals surface area contributed by atoms with E-state index >= 15 is 0 Å². The van der Waals surface area contributed by atoms with Gasteiger partial charge in [0.2, 0.25) is 0 Å². The minimum absolute atomic E-state index is 0.135. The lowest BCUT2D eigenvalue weighted by Crippen LogP contribution is -2.38. The molecular formula is C17H29ClN2O. The largest absolute Gasteiger partial charge is 0.383 e. The van der Waals surface area contributed by atoms with Crippen molar-refractivity contribution in [2.75, 3.05) is 25.2 Å². The predicted octanol–water partition coefficient (Wildman–Crippen LogP) is 3.87. The fourth-order valence-corrected chi connectivity index (χ4v) is 2.91. The molecule has 0 heterocycles. The zero-order valence-corrected chi connectivity index (χ0v) is 14.5. The van der Waals surface area contributed by atoms with Gasteiger partial charge in [0, 0.05) is 36.4 Å². The van der Waals surface area contributed by atoms with Gasteiger partial charge in [0.1, 0.15) is 0 Å². The van der Waals surface area contributed by atoms with E-state index in [1.54, 1.807) is 7.11 Å². The van der Waals surface area contributed by atoms with E-state index in [0.717, 1.165) is 30.8 Å². The van der Waals surface area contributed by atoms with Crippen LogP contribution in [0.25, 0.3) is 0 Å². The fraction of sp³-hybridized carbons (Fsp3) is 0.647. The molecule has 0 aliphatic carbocycles. The molecule has 0 fully saturated rings. The van der Waals surface area contributed by atoms with Crippen LogP contribution < -0.4 is 10.6 Å². The SMILES string of the molecule is CCC(CC)N(CCOC)c1cc(Cl)ccc1CC(C)N. The summed E-state index contributed by atoms with van der Waals surface area (Å²) in [4.78, 5) is 2.42. The maximum atomic E-state index is 6.23. The van der Waals surface area contributed by atoms with E-state index < -0.39 is 0 Å². The summed E-state index contributed by atoms with van der Waals surface area (Å²) in [6.07, 6.45) is 3.06. The Bertz CT molecular complexity index is 419. The molecule has 0 aromatic heterocycles. The summed E-state index contributed by atoms with van der Waals surface area (Å²) >= 11 is 6.23. The maximum Gasteiger partial charge on any atom is 0.0637 e. The second-order valence-electron chi connectivity index (χ2n) is 5.61. The third kappa shape index (κ3) is 5.50. The Morgan fingerprint density at radius 1 is 1.29 bits per heavy atom. The van der Waals surface area contributed by atoms with E-state index in [1.807, 2.05) is 13.0 Å². The smallest absolute Gasteiger partial charge is 0.0637 e. The first-order chi connectivity index (χ1) is 10.0. The summed E-state index contributed by atoms with van der Waals surface area (Å²) in [5.41, 5.74) is 8.46. The normalized spacial score (nSPS) is 12.7. The number of benzene rings is 1. The summed E-state index contributed by atoms with van der Waals surface area (Å²) in [7, 11) is 1.74. The van der Waals surface area contributed by atoms with E-state index in [4.69, 9.17) is 22.1 Å². The molecule has 0 saturated heterocycles. The van der Waals surface area contributed by atoms with Gasteiger partial charge in [0.05, 0.1) is 6.61 Å². The Hall–Kier alpha value is -0.770. The summed E-state index contributed by atoms with van der Waals surface area (Å²) < 4.78 is 5.28. The van der Waals surface area contributed by atoms with Crippen LogP contribution in [0.3, 0.4) is 0 Å². The van der Waals surface area contributed by atoms with Gasteiger partial charge >= 0.3 is 0 Å². The topological polar surface area (TPSA) is 38.5 Å². The lowest BCUT2D eigenvalue weighted by atomic mass is 10.0. The van der Waals surface area contributed by atoms with Gasteiger partial charge in [-0.05, 0) is 43.9 Å². The Balaban J connectivity index is 3.16. The summed E-state index contributed by atoms with van der Waals surface area (Å²) in [6.45, 7) is 8.07. The van der Waals surface area contributed by atoms with Gasteiger partial charge in [-0.25, -0.2) is 0 Å². The van der Waals surface area contributed by atoms with Crippen molar-refractivity contribution >= 4 is 17.3 Å². The lowest BCUT2D eigenvalue weighted by molar-refractivity contribution is 0.202. The summed E-state index contributed by atoms with van der Waals surface area (Å²) in [5, 5.41) is 0.770. The Morgan fingerprint density at radius 3 is 2.48 bits per heavy atom. The Morgan fingerprint density at radius 2 is 1.95 bits per heavy atom. The minimum Gasteiger partial charge on any atom is -0.383 e. The molecule has 4 heteroatoms. The molecule has 0 bridgehead atoms. The number of hydrogen-bond acceptors (Lipinski definition) is 3. The molecule has 1 atom stereocenters. The van der Waals surface area contributed by atoms with Gasteiger partial charge in [-0.15, -0.1) is 0 Å². The zero-order chi connectivity index (χ0) is 15.8. The van der Waals surface area contributed by atoms with Crippen LogP contribution in [0, 0.1) is 0 Å². The number of nitrogens with two attached hydrogens (primary N) is 1. The van der Waals surface area contributed by atoms with Gasteiger partial charge in [-0.2, -0.15) is 0 Å². The molecule has 0 radical (unpaired) electrons. The molecule has 0 amide bonds. The first-order valence-electron chi connectivity index (χ1n) is 7.83. The van der Waals surface area contributed by atoms with Gasteiger partial charge in [0.25, 0.3) is 0 Å². The molecule has 2 N–H and O–H groups in total. The van der Waals surface area contributed by atoms with Gasteiger partial charge in [0.15, 0.2) is 0 Å². The first kappa shape index (κ1) is 18.3. The van der Waals surface area contributed by atoms with Crippen LogP contribution in [0.5, 0.6) is 0 Å². The molecule has 0 aliphatic heterocycles. The molecular weight excluding hydrogens is 284 g/mol. The highest BCUT2D eigenvalue weighted by molar-refractivity contribution is 6.30. The van der Waals surface area contributed by atoms with Crippen molar-refractivity contribution < 1.29 is 4.74 Å². The maximum absolute atomic E-state index is 6.23. The van der Waals surface area contributed by atoms with Crippen molar-refractivity contribution in [3.8, 4) is 0 Å². The van der Waals surface area contributed by atoms with Crippen LogP contribution in [-0.2, 0) is 11.2 Å². The second-order valence-corrected chi connectivity index (χ2v) is 6.05. The second kappa shape index (κ2) is 9.29. The number of rotatable bonds is 9. The van der Waals surface area contributed by atoms with E-state index in [9.17, 15) is 0 Å². The highest BCUT2D eigenvalue weighted by atomic mass is 35.5. The summed E-state index contributed by atoms with van der Waals surface area (Å²) in [6, 6.07) is 6.74. The number of nitrogens with zero attached hydrogens (tertiary/aromatic N) is 1. The average molecular weight is 313 g/mol. The van der Waals surface area contributed by atoms with E-state index in [-0.39, 0.29) is 6.04 Å². The molecule has 21 heavy (non-hydrogen) atoms. The molecule has 0 saturated carbocycles. The van der Waals surface area contributed by atoms with E-state index in [1.165, 1.54) is 11.3 Å². The lowest BCUT2D eigenvalue weighted by Gasteiger charge is -2.34. The van der Waals surface area contributed by atoms with Crippen molar-refractivity contribution in [3.63, 3.8) is 0 Å². The van der Waals surface area contributed by atoms with Crippen LogP contribution >= 0.6 is 11.6 Å². The number of methoxy groups -OCH3 is 1. The standard InChI is InChI=1S/C17H29ClN2O/c1-5-16(6-2)20(9-10-21-4)17-12-15(18)8-7-14(17)11-13(3)19/h7-8,12-13,16H,5-6,9-11,19H2,1-4H3.